The summed E-state index contributed by atoms with van der Waals surface area (Å²) >= 11 is 0. The molecule has 3 rings (SSSR count). The van der Waals surface area contributed by atoms with Crippen LogP contribution < -0.4 is 0 Å². The van der Waals surface area contributed by atoms with Gasteiger partial charge in [-0.2, -0.15) is 5.26 Å². The van der Waals surface area contributed by atoms with Gasteiger partial charge in [-0.25, -0.2) is 4.39 Å². The molecule has 0 amide bonds. The van der Waals surface area contributed by atoms with E-state index in [1.165, 1.54) is 31.9 Å². The van der Waals surface area contributed by atoms with E-state index in [2.05, 4.69) is 9.80 Å². The second kappa shape index (κ2) is 5.90. The summed E-state index contributed by atoms with van der Waals surface area (Å²) < 4.78 is 13.5. The summed E-state index contributed by atoms with van der Waals surface area (Å²) in [5.74, 6) is -0.310. The van der Waals surface area contributed by atoms with Crippen molar-refractivity contribution in [2.24, 2.45) is 0 Å². The Morgan fingerprint density at radius 1 is 1.20 bits per heavy atom. The molecule has 0 bridgehead atoms. The van der Waals surface area contributed by atoms with Crippen LogP contribution in [0.3, 0.4) is 0 Å². The van der Waals surface area contributed by atoms with E-state index >= 15 is 0 Å². The number of halogens is 1. The molecule has 1 unspecified atom stereocenters. The van der Waals surface area contributed by atoms with Crippen LogP contribution >= 0.6 is 0 Å². The van der Waals surface area contributed by atoms with Crippen molar-refractivity contribution >= 4 is 0 Å². The highest BCUT2D eigenvalue weighted by molar-refractivity contribution is 5.33. The lowest BCUT2D eigenvalue weighted by molar-refractivity contribution is 0.0456. The number of hydrogen-bond acceptors (Lipinski definition) is 3. The number of hydrogen-bond donors (Lipinski definition) is 0. The lowest BCUT2D eigenvalue weighted by Gasteiger charge is -2.44. The zero-order valence-electron chi connectivity index (χ0n) is 11.7. The van der Waals surface area contributed by atoms with Crippen LogP contribution in [-0.4, -0.2) is 42.0 Å². The summed E-state index contributed by atoms with van der Waals surface area (Å²) in [5.41, 5.74) is 1.32. The molecule has 2 aliphatic rings. The van der Waals surface area contributed by atoms with Gasteiger partial charge in [0, 0.05) is 32.2 Å². The molecule has 0 spiro atoms. The minimum atomic E-state index is -0.310. The summed E-state index contributed by atoms with van der Waals surface area (Å²) in [6.45, 7) is 5.20. The van der Waals surface area contributed by atoms with Gasteiger partial charge in [-0.3, -0.25) is 9.80 Å². The molecule has 3 nitrogen and oxygen atoms in total. The molecule has 0 aromatic heterocycles. The third kappa shape index (κ3) is 3.00. The highest BCUT2D eigenvalue weighted by Crippen LogP contribution is 2.22. The molecular formula is C16H20FN3. The van der Waals surface area contributed by atoms with Crippen LogP contribution in [0.15, 0.2) is 18.2 Å². The SMILES string of the molecule is N#Cc1cc(F)cc(CN2CCN3CCCCC3C2)c1. The lowest BCUT2D eigenvalue weighted by Crippen LogP contribution is -2.54. The van der Waals surface area contributed by atoms with Gasteiger partial charge in [-0.05, 0) is 43.1 Å². The van der Waals surface area contributed by atoms with E-state index in [0.29, 0.717) is 11.6 Å². The maximum atomic E-state index is 13.5. The maximum Gasteiger partial charge on any atom is 0.124 e. The first-order valence-corrected chi connectivity index (χ1v) is 7.40. The molecule has 0 N–H and O–H groups in total. The topological polar surface area (TPSA) is 30.3 Å². The minimum Gasteiger partial charge on any atom is -0.298 e. The van der Waals surface area contributed by atoms with Gasteiger partial charge in [-0.15, -0.1) is 0 Å². The third-order valence-corrected chi connectivity index (χ3v) is 4.41. The second-order valence-corrected chi connectivity index (χ2v) is 5.88. The highest BCUT2D eigenvalue weighted by Gasteiger charge is 2.28. The Morgan fingerprint density at radius 3 is 2.95 bits per heavy atom. The number of nitrogens with zero attached hydrogens (tertiary/aromatic N) is 3. The molecule has 4 heteroatoms. The van der Waals surface area contributed by atoms with Gasteiger partial charge in [0.1, 0.15) is 5.82 Å². The molecular weight excluding hydrogens is 253 g/mol. The Kier molecular flexibility index (Phi) is 4.00. The quantitative estimate of drug-likeness (QED) is 0.828. The number of fused-ring (bicyclic) bond motifs is 1. The summed E-state index contributed by atoms with van der Waals surface area (Å²) in [4.78, 5) is 4.98. The van der Waals surface area contributed by atoms with Gasteiger partial charge in [0.2, 0.25) is 0 Å². The van der Waals surface area contributed by atoms with Crippen LogP contribution in [0.25, 0.3) is 0 Å². The van der Waals surface area contributed by atoms with Crippen LogP contribution in [0.4, 0.5) is 4.39 Å². The van der Waals surface area contributed by atoms with E-state index in [0.717, 1.165) is 31.7 Å². The van der Waals surface area contributed by atoms with E-state index in [1.54, 1.807) is 12.1 Å². The molecule has 1 atom stereocenters. The number of piperidine rings is 1. The van der Waals surface area contributed by atoms with Crippen molar-refractivity contribution in [3.63, 3.8) is 0 Å². The number of benzene rings is 1. The minimum absolute atomic E-state index is 0.310. The van der Waals surface area contributed by atoms with Crippen molar-refractivity contribution in [2.45, 2.75) is 31.8 Å². The Bertz CT molecular complexity index is 523. The van der Waals surface area contributed by atoms with Gasteiger partial charge in [0.05, 0.1) is 11.6 Å². The largest absolute Gasteiger partial charge is 0.298 e. The predicted octanol–water partition coefficient (Wildman–Crippen LogP) is 2.37. The van der Waals surface area contributed by atoms with Crippen LogP contribution in [0.1, 0.15) is 30.4 Å². The molecule has 106 valence electrons. The Balaban J connectivity index is 1.66. The van der Waals surface area contributed by atoms with E-state index in [1.807, 2.05) is 6.07 Å². The predicted molar refractivity (Wildman–Crippen MR) is 75.6 cm³/mol. The lowest BCUT2D eigenvalue weighted by atomic mass is 9.99. The Morgan fingerprint density at radius 2 is 2.10 bits per heavy atom. The molecule has 0 radical (unpaired) electrons. The molecule has 2 saturated heterocycles. The van der Waals surface area contributed by atoms with E-state index < -0.39 is 0 Å². The van der Waals surface area contributed by atoms with Gasteiger partial charge in [0.25, 0.3) is 0 Å². The number of piperazine rings is 1. The van der Waals surface area contributed by atoms with Crippen LogP contribution in [0, 0.1) is 17.1 Å². The zero-order chi connectivity index (χ0) is 13.9. The van der Waals surface area contributed by atoms with Crippen molar-refractivity contribution in [1.82, 2.24) is 9.80 Å². The molecule has 20 heavy (non-hydrogen) atoms. The average Bonchev–Trinajstić information content (AvgIpc) is 2.46. The second-order valence-electron chi connectivity index (χ2n) is 5.88. The molecule has 0 saturated carbocycles. The van der Waals surface area contributed by atoms with Crippen LogP contribution in [-0.2, 0) is 6.54 Å². The van der Waals surface area contributed by atoms with E-state index in [-0.39, 0.29) is 5.82 Å². The maximum absolute atomic E-state index is 13.5. The summed E-state index contributed by atoms with van der Waals surface area (Å²) in [6.07, 6.45) is 3.93. The third-order valence-electron chi connectivity index (χ3n) is 4.41. The monoisotopic (exact) mass is 273 g/mol. The molecule has 1 aromatic rings. The Labute approximate surface area is 119 Å². The molecule has 2 aliphatic heterocycles. The molecule has 0 aliphatic carbocycles. The molecule has 1 aromatic carbocycles. The Hall–Kier alpha value is -1.44. The fourth-order valence-corrected chi connectivity index (χ4v) is 3.43. The zero-order valence-corrected chi connectivity index (χ0v) is 11.7. The van der Waals surface area contributed by atoms with Gasteiger partial charge in [-0.1, -0.05) is 6.42 Å². The fraction of sp³-hybridized carbons (Fsp3) is 0.562. The summed E-state index contributed by atoms with van der Waals surface area (Å²) in [7, 11) is 0. The average molecular weight is 273 g/mol. The van der Waals surface area contributed by atoms with Gasteiger partial charge in [0.15, 0.2) is 0 Å². The highest BCUT2D eigenvalue weighted by atomic mass is 19.1. The van der Waals surface area contributed by atoms with E-state index in [9.17, 15) is 4.39 Å². The van der Waals surface area contributed by atoms with E-state index in [4.69, 9.17) is 5.26 Å². The summed E-state index contributed by atoms with van der Waals surface area (Å²) in [6, 6.07) is 7.34. The standard InChI is InChI=1S/C16H20FN3/c17-15-8-13(10-18)7-14(9-15)11-19-5-6-20-4-2-1-3-16(20)12-19/h7-9,16H,1-6,11-12H2. The molecule has 2 fully saturated rings. The smallest absolute Gasteiger partial charge is 0.124 e. The first kappa shape index (κ1) is 13.5. The number of nitriles is 1. The van der Waals surface area contributed by atoms with Crippen LogP contribution in [0.5, 0.6) is 0 Å². The first-order chi connectivity index (χ1) is 9.74. The van der Waals surface area contributed by atoms with Crippen molar-refractivity contribution in [2.75, 3.05) is 26.2 Å². The fourth-order valence-electron chi connectivity index (χ4n) is 3.43. The van der Waals surface area contributed by atoms with Crippen molar-refractivity contribution in [3.05, 3.63) is 35.1 Å². The normalized spacial score (nSPS) is 24.1. The van der Waals surface area contributed by atoms with Crippen molar-refractivity contribution < 1.29 is 4.39 Å². The van der Waals surface area contributed by atoms with Gasteiger partial charge < -0.3 is 0 Å². The van der Waals surface area contributed by atoms with Gasteiger partial charge >= 0.3 is 0 Å². The van der Waals surface area contributed by atoms with Crippen LogP contribution in [0.2, 0.25) is 0 Å². The first-order valence-electron chi connectivity index (χ1n) is 7.40. The van der Waals surface area contributed by atoms with Crippen molar-refractivity contribution in [1.29, 1.82) is 5.26 Å². The van der Waals surface area contributed by atoms with Crippen molar-refractivity contribution in [3.8, 4) is 6.07 Å². The summed E-state index contributed by atoms with van der Waals surface area (Å²) in [5, 5.41) is 8.91. The molecule has 2 heterocycles. The number of rotatable bonds is 2.